The molecule has 6 heteroatoms. The van der Waals surface area contributed by atoms with Crippen LogP contribution in [0.3, 0.4) is 0 Å². The highest BCUT2D eigenvalue weighted by molar-refractivity contribution is 9.10. The van der Waals surface area contributed by atoms with Crippen molar-refractivity contribution < 1.29 is 9.66 Å². The summed E-state index contributed by atoms with van der Waals surface area (Å²) in [5.41, 5.74) is 6.98. The monoisotopic (exact) mass is 314 g/mol. The summed E-state index contributed by atoms with van der Waals surface area (Å²) in [6.45, 7) is 2.63. The Kier molecular flexibility index (Phi) is 3.70. The van der Waals surface area contributed by atoms with E-state index in [0.717, 1.165) is 16.5 Å². The van der Waals surface area contributed by atoms with Crippen LogP contribution in [0.25, 0.3) is 0 Å². The molecular weight excluding hydrogens is 300 g/mol. The first-order valence-electron chi connectivity index (χ1n) is 5.76. The lowest BCUT2D eigenvalue weighted by Crippen LogP contribution is -2.48. The summed E-state index contributed by atoms with van der Waals surface area (Å²) >= 11 is 3.37. The fourth-order valence-electron chi connectivity index (χ4n) is 2.17. The average molecular weight is 315 g/mol. The van der Waals surface area contributed by atoms with E-state index >= 15 is 0 Å². The molecule has 1 aromatic carbocycles. The summed E-state index contributed by atoms with van der Waals surface area (Å²) in [7, 11) is 0. The molecule has 1 saturated heterocycles. The van der Waals surface area contributed by atoms with E-state index in [4.69, 9.17) is 10.5 Å². The van der Waals surface area contributed by atoms with Crippen LogP contribution in [0.15, 0.2) is 22.7 Å². The van der Waals surface area contributed by atoms with Crippen molar-refractivity contribution in [2.45, 2.75) is 31.4 Å². The van der Waals surface area contributed by atoms with Gasteiger partial charge in [0.2, 0.25) is 0 Å². The fraction of sp³-hybridized carbons (Fsp3) is 0.500. The first-order valence-corrected chi connectivity index (χ1v) is 6.55. The molecule has 0 amide bonds. The highest BCUT2D eigenvalue weighted by Gasteiger charge is 2.38. The van der Waals surface area contributed by atoms with Gasteiger partial charge < -0.3 is 10.5 Å². The van der Waals surface area contributed by atoms with Crippen molar-refractivity contribution in [3.8, 4) is 0 Å². The summed E-state index contributed by atoms with van der Waals surface area (Å²) in [5.74, 6) is 0. The number of nitro benzene ring substituents is 1. The molecule has 1 aliphatic rings. The molecule has 2 N–H and O–H groups in total. The molecule has 0 aromatic heterocycles. The van der Waals surface area contributed by atoms with Crippen molar-refractivity contribution in [3.63, 3.8) is 0 Å². The predicted molar refractivity (Wildman–Crippen MR) is 71.4 cm³/mol. The predicted octanol–water partition coefficient (Wildman–Crippen LogP) is 2.41. The number of hydrogen-bond donors (Lipinski definition) is 1. The van der Waals surface area contributed by atoms with Gasteiger partial charge in [-0.1, -0.05) is 22.0 Å². The zero-order chi connectivity index (χ0) is 13.3. The second kappa shape index (κ2) is 4.95. The van der Waals surface area contributed by atoms with Crippen molar-refractivity contribution in [1.82, 2.24) is 0 Å². The Balaban J connectivity index is 2.22. The van der Waals surface area contributed by atoms with E-state index in [1.54, 1.807) is 6.07 Å². The molecule has 2 rings (SSSR count). The number of non-ortho nitro benzene ring substituents is 1. The van der Waals surface area contributed by atoms with E-state index in [1.165, 1.54) is 12.1 Å². The Bertz CT molecular complexity index is 480. The fourth-order valence-corrected chi connectivity index (χ4v) is 2.68. The molecule has 2 unspecified atom stereocenters. The van der Waals surface area contributed by atoms with Crippen molar-refractivity contribution in [1.29, 1.82) is 0 Å². The van der Waals surface area contributed by atoms with Crippen LogP contribution in [-0.4, -0.2) is 23.2 Å². The molecule has 2 atom stereocenters. The zero-order valence-electron chi connectivity index (χ0n) is 10.1. The number of halogens is 1. The topological polar surface area (TPSA) is 78.4 Å². The maximum absolute atomic E-state index is 10.7. The highest BCUT2D eigenvalue weighted by Crippen LogP contribution is 2.31. The number of nitrogens with zero attached hydrogens (tertiary/aromatic N) is 1. The van der Waals surface area contributed by atoms with Crippen molar-refractivity contribution >= 4 is 21.6 Å². The van der Waals surface area contributed by atoms with Gasteiger partial charge in [-0.2, -0.15) is 0 Å². The summed E-state index contributed by atoms with van der Waals surface area (Å²) in [6, 6.07) is 4.77. The van der Waals surface area contributed by atoms with E-state index in [9.17, 15) is 10.1 Å². The van der Waals surface area contributed by atoms with E-state index in [2.05, 4.69) is 15.9 Å². The lowest BCUT2D eigenvalue weighted by atomic mass is 9.86. The summed E-state index contributed by atoms with van der Waals surface area (Å²) in [5, 5.41) is 10.7. The molecule has 0 radical (unpaired) electrons. The average Bonchev–Trinajstić information content (AvgIpc) is 2.62. The lowest BCUT2D eigenvalue weighted by molar-refractivity contribution is -0.384. The SMILES string of the molecule is CC1OCCC1(N)Cc1ccc([N+](=O)[O-])cc1Br. The third-order valence-electron chi connectivity index (χ3n) is 3.51. The third kappa shape index (κ3) is 2.55. The van der Waals surface area contributed by atoms with Crippen LogP contribution >= 0.6 is 15.9 Å². The molecular formula is C12H15BrN2O3. The number of ether oxygens (including phenoxy) is 1. The van der Waals surface area contributed by atoms with Crippen LogP contribution in [0.1, 0.15) is 18.9 Å². The van der Waals surface area contributed by atoms with Crippen LogP contribution in [0.4, 0.5) is 5.69 Å². The Morgan fingerprint density at radius 2 is 2.39 bits per heavy atom. The Morgan fingerprint density at radius 1 is 1.67 bits per heavy atom. The molecule has 1 heterocycles. The molecule has 1 fully saturated rings. The maximum atomic E-state index is 10.7. The van der Waals surface area contributed by atoms with Gasteiger partial charge in [0.15, 0.2) is 0 Å². The standard InChI is InChI=1S/C12H15BrN2O3/c1-8-12(14,4-5-18-8)7-9-2-3-10(15(16)17)6-11(9)13/h2-3,6,8H,4-5,7,14H2,1H3. The molecule has 0 bridgehead atoms. The van der Waals surface area contributed by atoms with Crippen LogP contribution in [0.5, 0.6) is 0 Å². The molecule has 0 saturated carbocycles. The van der Waals surface area contributed by atoms with Gasteiger partial charge in [-0.05, 0) is 25.3 Å². The lowest BCUT2D eigenvalue weighted by Gasteiger charge is -2.27. The number of benzene rings is 1. The van der Waals surface area contributed by atoms with Gasteiger partial charge in [0.25, 0.3) is 5.69 Å². The first kappa shape index (κ1) is 13.5. The van der Waals surface area contributed by atoms with Crippen LogP contribution < -0.4 is 5.73 Å². The van der Waals surface area contributed by atoms with Crippen molar-refractivity contribution in [3.05, 3.63) is 38.3 Å². The smallest absolute Gasteiger partial charge is 0.270 e. The largest absolute Gasteiger partial charge is 0.377 e. The number of hydrogen-bond acceptors (Lipinski definition) is 4. The Morgan fingerprint density at radius 3 is 2.89 bits per heavy atom. The van der Waals surface area contributed by atoms with E-state index in [1.807, 2.05) is 6.92 Å². The molecule has 0 spiro atoms. The molecule has 1 aromatic rings. The second-order valence-corrected chi connectivity index (χ2v) is 5.56. The number of nitro groups is 1. The van der Waals surface area contributed by atoms with Gasteiger partial charge in [0.1, 0.15) is 0 Å². The van der Waals surface area contributed by atoms with E-state index in [0.29, 0.717) is 13.0 Å². The van der Waals surface area contributed by atoms with Gasteiger partial charge in [0, 0.05) is 28.8 Å². The van der Waals surface area contributed by atoms with E-state index in [-0.39, 0.29) is 11.8 Å². The molecule has 1 aliphatic heterocycles. The van der Waals surface area contributed by atoms with Crippen LogP contribution in [-0.2, 0) is 11.2 Å². The highest BCUT2D eigenvalue weighted by atomic mass is 79.9. The van der Waals surface area contributed by atoms with Crippen molar-refractivity contribution in [2.75, 3.05) is 6.61 Å². The zero-order valence-corrected chi connectivity index (χ0v) is 11.6. The normalized spacial score (nSPS) is 27.4. The number of rotatable bonds is 3. The third-order valence-corrected chi connectivity index (χ3v) is 4.25. The Hall–Kier alpha value is -0.980. The minimum Gasteiger partial charge on any atom is -0.377 e. The minimum atomic E-state index is -0.409. The van der Waals surface area contributed by atoms with Gasteiger partial charge in [-0.25, -0.2) is 0 Å². The summed E-state index contributed by atoms with van der Waals surface area (Å²) < 4.78 is 6.22. The van der Waals surface area contributed by atoms with Gasteiger partial charge >= 0.3 is 0 Å². The second-order valence-electron chi connectivity index (χ2n) is 4.71. The minimum absolute atomic E-state index is 0.000378. The quantitative estimate of drug-likeness (QED) is 0.686. The van der Waals surface area contributed by atoms with Gasteiger partial charge in [0.05, 0.1) is 11.0 Å². The van der Waals surface area contributed by atoms with Crippen LogP contribution in [0.2, 0.25) is 0 Å². The maximum Gasteiger partial charge on any atom is 0.270 e. The molecule has 18 heavy (non-hydrogen) atoms. The summed E-state index contributed by atoms with van der Waals surface area (Å²) in [6.07, 6.45) is 1.45. The summed E-state index contributed by atoms with van der Waals surface area (Å²) in [4.78, 5) is 10.3. The Labute approximate surface area is 114 Å². The van der Waals surface area contributed by atoms with Gasteiger partial charge in [-0.3, -0.25) is 10.1 Å². The molecule has 98 valence electrons. The molecule has 0 aliphatic carbocycles. The van der Waals surface area contributed by atoms with E-state index < -0.39 is 10.5 Å². The number of nitrogens with two attached hydrogens (primary N) is 1. The van der Waals surface area contributed by atoms with Crippen molar-refractivity contribution in [2.24, 2.45) is 5.73 Å². The van der Waals surface area contributed by atoms with Gasteiger partial charge in [-0.15, -0.1) is 0 Å². The van der Waals surface area contributed by atoms with Crippen LogP contribution in [0, 0.1) is 10.1 Å². The first-order chi connectivity index (χ1) is 8.42. The molecule has 5 nitrogen and oxygen atoms in total.